The normalized spacial score (nSPS) is 15.1. The van der Waals surface area contributed by atoms with Crippen LogP contribution in [0.2, 0.25) is 0 Å². The number of hydrogen-bond donors (Lipinski definition) is 1. The summed E-state index contributed by atoms with van der Waals surface area (Å²) in [6.45, 7) is 1.99. The van der Waals surface area contributed by atoms with Crippen molar-refractivity contribution in [2.45, 2.75) is 0 Å². The number of rotatable bonds is 3. The molecule has 0 saturated heterocycles. The molecule has 0 fully saturated rings. The number of anilines is 1. The van der Waals surface area contributed by atoms with Crippen LogP contribution >= 0.6 is 0 Å². The molecule has 6 nitrogen and oxygen atoms in total. The Balaban J connectivity index is 2.25. The highest BCUT2D eigenvalue weighted by molar-refractivity contribution is 5.97. The number of nitrogens with two attached hydrogens (primary N) is 1. The van der Waals surface area contributed by atoms with Gasteiger partial charge in [0.15, 0.2) is 0 Å². The maximum absolute atomic E-state index is 12.2. The number of nitrogens with zero attached hydrogens (tertiary/aromatic N) is 2. The average Bonchev–Trinajstić information content (AvgIpc) is 2.47. The molecule has 1 aliphatic heterocycles. The van der Waals surface area contributed by atoms with Gasteiger partial charge < -0.3 is 20.1 Å². The molecule has 1 aromatic heterocycles. The van der Waals surface area contributed by atoms with Gasteiger partial charge in [-0.2, -0.15) is 0 Å². The lowest BCUT2D eigenvalue weighted by Gasteiger charge is -2.18. The molecule has 6 heteroatoms. The topological polar surface area (TPSA) is 77.7 Å². The number of carbonyl (C=O) groups excluding carboxylic acids is 1. The fraction of sp³-hybridized carbons (Fsp3) is 0.455. The Morgan fingerprint density at radius 1 is 1.65 bits per heavy atom. The molecule has 1 aliphatic rings. The monoisotopic (exact) mass is 237 g/mol. The molecule has 2 heterocycles. The van der Waals surface area contributed by atoms with Crippen LogP contribution in [0, 0.1) is 0 Å². The average molecular weight is 237 g/mol. The Hall–Kier alpha value is -1.82. The van der Waals surface area contributed by atoms with Crippen LogP contribution in [0.25, 0.3) is 0 Å². The van der Waals surface area contributed by atoms with Crippen LogP contribution in [-0.4, -0.2) is 49.2 Å². The summed E-state index contributed by atoms with van der Waals surface area (Å²) >= 11 is 0. The number of pyridine rings is 1. The summed E-state index contributed by atoms with van der Waals surface area (Å²) < 4.78 is 10.4. The summed E-state index contributed by atoms with van der Waals surface area (Å²) in [5, 5.41) is 0. The molecule has 0 bridgehead atoms. The van der Waals surface area contributed by atoms with E-state index >= 15 is 0 Å². The molecular weight excluding hydrogens is 222 g/mol. The van der Waals surface area contributed by atoms with Crippen molar-refractivity contribution in [2.75, 3.05) is 39.1 Å². The summed E-state index contributed by atoms with van der Waals surface area (Å²) in [5.41, 5.74) is 6.50. The van der Waals surface area contributed by atoms with Crippen LogP contribution in [0.5, 0.6) is 5.88 Å². The number of fused-ring (bicyclic) bond motifs is 1. The lowest BCUT2D eigenvalue weighted by molar-refractivity contribution is 0.0693. The van der Waals surface area contributed by atoms with Crippen molar-refractivity contribution in [2.24, 2.45) is 0 Å². The molecule has 0 radical (unpaired) electrons. The zero-order chi connectivity index (χ0) is 12.3. The number of aromatic nitrogens is 1. The van der Waals surface area contributed by atoms with Gasteiger partial charge in [-0.1, -0.05) is 0 Å². The molecule has 2 rings (SSSR count). The van der Waals surface area contributed by atoms with Gasteiger partial charge in [0.1, 0.15) is 12.2 Å². The zero-order valence-electron chi connectivity index (χ0n) is 9.68. The third-order valence-corrected chi connectivity index (χ3v) is 2.56. The fourth-order valence-corrected chi connectivity index (χ4v) is 1.68. The van der Waals surface area contributed by atoms with Crippen molar-refractivity contribution < 1.29 is 14.3 Å². The molecule has 1 amide bonds. The fourth-order valence-electron chi connectivity index (χ4n) is 1.68. The highest BCUT2D eigenvalue weighted by Gasteiger charge is 2.24. The molecule has 2 N–H and O–H groups in total. The standard InChI is InChI=1S/C11H15N3O3/c1-16-4-2-14-3-5-17-10-9(11(14)15)6-8(12)7-13-10/h6-7H,2-5,12H2,1H3. The number of carbonyl (C=O) groups is 1. The van der Waals surface area contributed by atoms with E-state index in [2.05, 4.69) is 4.98 Å². The van der Waals surface area contributed by atoms with Crippen LogP contribution in [0.4, 0.5) is 5.69 Å². The van der Waals surface area contributed by atoms with Gasteiger partial charge in [0.2, 0.25) is 5.88 Å². The van der Waals surface area contributed by atoms with Gasteiger partial charge in [-0.15, -0.1) is 0 Å². The summed E-state index contributed by atoms with van der Waals surface area (Å²) in [6.07, 6.45) is 1.48. The molecule has 92 valence electrons. The van der Waals surface area contributed by atoms with E-state index in [0.717, 1.165) is 0 Å². The number of hydrogen-bond acceptors (Lipinski definition) is 5. The third-order valence-electron chi connectivity index (χ3n) is 2.56. The molecule has 0 unspecified atom stereocenters. The van der Waals surface area contributed by atoms with E-state index in [-0.39, 0.29) is 5.91 Å². The van der Waals surface area contributed by atoms with Crippen molar-refractivity contribution in [3.63, 3.8) is 0 Å². The van der Waals surface area contributed by atoms with Gasteiger partial charge in [-0.25, -0.2) is 4.98 Å². The van der Waals surface area contributed by atoms with Crippen LogP contribution in [0.3, 0.4) is 0 Å². The number of ether oxygens (including phenoxy) is 2. The van der Waals surface area contributed by atoms with Crippen LogP contribution in [0.1, 0.15) is 10.4 Å². The van der Waals surface area contributed by atoms with Crippen LogP contribution < -0.4 is 10.5 Å². The van der Waals surface area contributed by atoms with Gasteiger partial charge in [0.05, 0.1) is 25.0 Å². The predicted molar refractivity (Wildman–Crippen MR) is 61.9 cm³/mol. The van der Waals surface area contributed by atoms with Crippen LogP contribution in [0.15, 0.2) is 12.3 Å². The zero-order valence-corrected chi connectivity index (χ0v) is 9.68. The van der Waals surface area contributed by atoms with Gasteiger partial charge >= 0.3 is 0 Å². The van der Waals surface area contributed by atoms with Crippen LogP contribution in [-0.2, 0) is 4.74 Å². The first-order valence-corrected chi connectivity index (χ1v) is 5.39. The first-order chi connectivity index (χ1) is 8.22. The largest absolute Gasteiger partial charge is 0.475 e. The smallest absolute Gasteiger partial charge is 0.259 e. The van der Waals surface area contributed by atoms with E-state index in [1.165, 1.54) is 6.20 Å². The minimum absolute atomic E-state index is 0.116. The van der Waals surface area contributed by atoms with E-state index in [4.69, 9.17) is 15.2 Å². The first-order valence-electron chi connectivity index (χ1n) is 5.39. The summed E-state index contributed by atoms with van der Waals surface area (Å²) in [7, 11) is 1.60. The van der Waals surface area contributed by atoms with Gasteiger partial charge in [0, 0.05) is 13.7 Å². The van der Waals surface area contributed by atoms with Crippen molar-refractivity contribution in [3.05, 3.63) is 17.8 Å². The van der Waals surface area contributed by atoms with E-state index in [1.807, 2.05) is 0 Å². The third kappa shape index (κ3) is 2.47. The van der Waals surface area contributed by atoms with E-state index in [1.54, 1.807) is 18.1 Å². The Kier molecular flexibility index (Phi) is 3.43. The second-order valence-electron chi connectivity index (χ2n) is 3.75. The number of amides is 1. The highest BCUT2D eigenvalue weighted by Crippen LogP contribution is 2.22. The molecule has 0 atom stereocenters. The SMILES string of the molecule is COCCN1CCOc2ncc(N)cc2C1=O. The molecular formula is C11H15N3O3. The number of methoxy groups -OCH3 is 1. The minimum Gasteiger partial charge on any atom is -0.475 e. The predicted octanol–water partition coefficient (Wildman–Crippen LogP) is 0.145. The molecule has 0 aliphatic carbocycles. The van der Waals surface area contributed by atoms with Crippen molar-refractivity contribution in [1.82, 2.24) is 9.88 Å². The Morgan fingerprint density at radius 3 is 3.24 bits per heavy atom. The van der Waals surface area contributed by atoms with E-state index < -0.39 is 0 Å². The summed E-state index contributed by atoms with van der Waals surface area (Å²) in [6, 6.07) is 1.59. The second-order valence-corrected chi connectivity index (χ2v) is 3.75. The maximum atomic E-state index is 12.2. The lowest BCUT2D eigenvalue weighted by atomic mass is 10.2. The van der Waals surface area contributed by atoms with Crippen molar-refractivity contribution in [3.8, 4) is 5.88 Å². The Morgan fingerprint density at radius 2 is 2.47 bits per heavy atom. The minimum atomic E-state index is -0.116. The molecule has 0 saturated carbocycles. The Bertz CT molecular complexity index is 420. The first kappa shape index (κ1) is 11.7. The van der Waals surface area contributed by atoms with E-state index in [9.17, 15) is 4.79 Å². The second kappa shape index (κ2) is 5.01. The number of nitrogen functional groups attached to an aromatic ring is 1. The Labute approximate surface area is 99.3 Å². The molecule has 1 aromatic rings. The summed E-state index contributed by atoms with van der Waals surface area (Å²) in [4.78, 5) is 17.9. The maximum Gasteiger partial charge on any atom is 0.259 e. The van der Waals surface area contributed by atoms with Gasteiger partial charge in [-0.3, -0.25) is 4.79 Å². The van der Waals surface area contributed by atoms with E-state index in [0.29, 0.717) is 43.4 Å². The van der Waals surface area contributed by atoms with Gasteiger partial charge in [0.25, 0.3) is 5.91 Å². The summed E-state index contributed by atoms with van der Waals surface area (Å²) in [5.74, 6) is 0.235. The molecule has 0 aromatic carbocycles. The lowest BCUT2D eigenvalue weighted by Crippen LogP contribution is -2.35. The highest BCUT2D eigenvalue weighted by atomic mass is 16.5. The molecule has 17 heavy (non-hydrogen) atoms. The quantitative estimate of drug-likeness (QED) is 0.809. The van der Waals surface area contributed by atoms with Gasteiger partial charge in [-0.05, 0) is 6.07 Å². The van der Waals surface area contributed by atoms with Crippen molar-refractivity contribution >= 4 is 11.6 Å². The molecule has 0 spiro atoms. The van der Waals surface area contributed by atoms with Crippen molar-refractivity contribution in [1.29, 1.82) is 0 Å².